The monoisotopic (exact) mass is 449 g/mol. The number of hydrogen-bond donors (Lipinski definition) is 0. The largest absolute Gasteiger partial charge is 0.292 e. The van der Waals surface area contributed by atoms with Crippen LogP contribution in [0.1, 0.15) is 10.4 Å². The summed E-state index contributed by atoms with van der Waals surface area (Å²) < 4.78 is 0.855. The number of amides is 2. The molecule has 144 valence electrons. The second-order valence-corrected chi connectivity index (χ2v) is 8.15. The van der Waals surface area contributed by atoms with Crippen molar-refractivity contribution in [1.29, 1.82) is 0 Å². The van der Waals surface area contributed by atoms with E-state index >= 15 is 0 Å². The quantitative estimate of drug-likeness (QED) is 0.533. The number of nitrogens with zero attached hydrogens (tertiary/aromatic N) is 3. The van der Waals surface area contributed by atoms with Gasteiger partial charge in [0.05, 0.1) is 23.6 Å². The van der Waals surface area contributed by atoms with Gasteiger partial charge in [-0.05, 0) is 30.3 Å². The van der Waals surface area contributed by atoms with Gasteiger partial charge in [-0.15, -0.1) is 0 Å². The summed E-state index contributed by atoms with van der Waals surface area (Å²) in [5, 5.41) is 5.98. The first-order valence-electron chi connectivity index (χ1n) is 9.29. The Morgan fingerprint density at radius 2 is 1.62 bits per heavy atom. The van der Waals surface area contributed by atoms with Crippen molar-refractivity contribution in [3.8, 4) is 0 Å². The van der Waals surface area contributed by atoms with Gasteiger partial charge in [-0.1, -0.05) is 52.3 Å². The van der Waals surface area contributed by atoms with E-state index in [1.807, 2.05) is 12.1 Å². The first-order chi connectivity index (χ1) is 14.1. The van der Waals surface area contributed by atoms with E-state index in [9.17, 15) is 14.4 Å². The van der Waals surface area contributed by atoms with Crippen LogP contribution >= 0.6 is 15.9 Å². The number of anilines is 1. The highest BCUT2D eigenvalue weighted by Gasteiger charge is 2.64. The maximum absolute atomic E-state index is 13.4. The number of hydrazone groups is 1. The topological polar surface area (TPSA) is 70.0 Å². The van der Waals surface area contributed by atoms with Crippen LogP contribution in [0.3, 0.4) is 0 Å². The second-order valence-electron chi connectivity index (χ2n) is 7.24. The Balaban J connectivity index is 1.58. The number of halogens is 1. The van der Waals surface area contributed by atoms with E-state index in [0.29, 0.717) is 11.3 Å². The van der Waals surface area contributed by atoms with E-state index in [0.717, 1.165) is 4.47 Å². The molecule has 3 aliphatic heterocycles. The highest BCUT2D eigenvalue weighted by molar-refractivity contribution is 9.10. The Bertz CT molecular complexity index is 1060. The van der Waals surface area contributed by atoms with Gasteiger partial charge in [-0.25, -0.2) is 4.90 Å². The zero-order valence-corrected chi connectivity index (χ0v) is 16.8. The van der Waals surface area contributed by atoms with Crippen molar-refractivity contribution >= 4 is 45.4 Å². The lowest BCUT2D eigenvalue weighted by molar-refractivity contribution is -0.123. The van der Waals surface area contributed by atoms with Crippen molar-refractivity contribution in [3.63, 3.8) is 0 Å². The molecule has 2 aromatic rings. The Kier molecular flexibility index (Phi) is 4.20. The van der Waals surface area contributed by atoms with Crippen LogP contribution in [0, 0.1) is 11.8 Å². The number of carbonyl (C=O) groups excluding carboxylic acids is 3. The predicted molar refractivity (Wildman–Crippen MR) is 111 cm³/mol. The van der Waals surface area contributed by atoms with Crippen LogP contribution in [0.4, 0.5) is 5.69 Å². The zero-order valence-electron chi connectivity index (χ0n) is 15.2. The number of rotatable bonds is 3. The lowest BCUT2D eigenvalue weighted by atomic mass is 9.86. The number of imide groups is 1. The van der Waals surface area contributed by atoms with Gasteiger partial charge in [0.25, 0.3) is 0 Å². The summed E-state index contributed by atoms with van der Waals surface area (Å²) in [5.74, 6) is -2.26. The molecule has 4 unspecified atom stereocenters. The molecule has 0 aromatic heterocycles. The number of hydrogen-bond acceptors (Lipinski definition) is 5. The summed E-state index contributed by atoms with van der Waals surface area (Å²) in [6, 6.07) is 14.6. The van der Waals surface area contributed by atoms with Crippen molar-refractivity contribution in [3.05, 3.63) is 76.8 Å². The smallest absolute Gasteiger partial charge is 0.240 e. The van der Waals surface area contributed by atoms with Crippen LogP contribution in [0.25, 0.3) is 0 Å². The molecule has 2 amide bonds. The van der Waals surface area contributed by atoms with Crippen LogP contribution in [0.2, 0.25) is 0 Å². The van der Waals surface area contributed by atoms with Gasteiger partial charge < -0.3 is 0 Å². The third kappa shape index (κ3) is 2.68. The number of allylic oxidation sites excluding steroid dienone is 1. The first-order valence-corrected chi connectivity index (χ1v) is 10.1. The van der Waals surface area contributed by atoms with Gasteiger partial charge in [0.1, 0.15) is 6.04 Å². The number of ketones is 1. The number of fused-ring (bicyclic) bond motifs is 3. The van der Waals surface area contributed by atoms with Crippen molar-refractivity contribution in [2.75, 3.05) is 4.90 Å². The van der Waals surface area contributed by atoms with E-state index in [2.05, 4.69) is 21.0 Å². The molecular formula is C22H16BrN3O3. The molecule has 2 saturated heterocycles. The molecule has 0 N–H and O–H groups in total. The highest BCUT2D eigenvalue weighted by atomic mass is 79.9. The van der Waals surface area contributed by atoms with Crippen molar-refractivity contribution in [2.24, 2.45) is 16.9 Å². The van der Waals surface area contributed by atoms with Crippen LogP contribution in [0.15, 0.2) is 76.3 Å². The molecule has 7 heteroatoms. The Morgan fingerprint density at radius 1 is 0.931 bits per heavy atom. The molecule has 29 heavy (non-hydrogen) atoms. The molecule has 3 heterocycles. The fraction of sp³-hybridized carbons (Fsp3) is 0.182. The minimum atomic E-state index is -0.814. The summed E-state index contributed by atoms with van der Waals surface area (Å²) in [7, 11) is 0. The minimum absolute atomic E-state index is 0.200. The van der Waals surface area contributed by atoms with E-state index in [4.69, 9.17) is 0 Å². The summed E-state index contributed by atoms with van der Waals surface area (Å²) >= 11 is 3.37. The summed E-state index contributed by atoms with van der Waals surface area (Å²) in [6.45, 7) is 0. The first kappa shape index (κ1) is 18.0. The zero-order chi connectivity index (χ0) is 20.1. The fourth-order valence-electron chi connectivity index (χ4n) is 4.46. The third-order valence-electron chi connectivity index (χ3n) is 5.70. The average Bonchev–Trinajstić information content (AvgIpc) is 3.22. The van der Waals surface area contributed by atoms with Gasteiger partial charge in [0.15, 0.2) is 5.78 Å². The molecule has 3 aliphatic rings. The Labute approximate surface area is 175 Å². The Hall–Kier alpha value is -3.06. The van der Waals surface area contributed by atoms with E-state index in [1.54, 1.807) is 65.8 Å². The molecule has 2 fully saturated rings. The SMILES string of the molecule is O=C(c1ccccc1)C1C2C(=O)N(c3ccc(Br)cc3)C(=O)C2C2C=CC=NN21. The average molecular weight is 450 g/mol. The van der Waals surface area contributed by atoms with E-state index in [1.165, 1.54) is 4.90 Å². The summed E-state index contributed by atoms with van der Waals surface area (Å²) in [5.41, 5.74) is 1.02. The molecule has 6 nitrogen and oxygen atoms in total. The van der Waals surface area contributed by atoms with Crippen LogP contribution in [-0.4, -0.2) is 40.9 Å². The van der Waals surface area contributed by atoms with Gasteiger partial charge >= 0.3 is 0 Å². The molecule has 4 atom stereocenters. The van der Waals surface area contributed by atoms with Crippen molar-refractivity contribution in [1.82, 2.24) is 5.01 Å². The molecule has 2 aromatic carbocycles. The minimum Gasteiger partial charge on any atom is -0.292 e. The van der Waals surface area contributed by atoms with Crippen molar-refractivity contribution < 1.29 is 14.4 Å². The highest BCUT2D eigenvalue weighted by Crippen LogP contribution is 2.46. The molecule has 5 rings (SSSR count). The van der Waals surface area contributed by atoms with E-state index in [-0.39, 0.29) is 17.6 Å². The Morgan fingerprint density at radius 3 is 2.34 bits per heavy atom. The molecular weight excluding hydrogens is 434 g/mol. The van der Waals surface area contributed by atoms with Gasteiger partial charge in [-0.3, -0.25) is 19.4 Å². The molecule has 0 radical (unpaired) electrons. The number of benzene rings is 2. The maximum Gasteiger partial charge on any atom is 0.240 e. The molecule has 0 bridgehead atoms. The van der Waals surface area contributed by atoms with Crippen LogP contribution in [-0.2, 0) is 9.59 Å². The number of Topliss-reactive ketones (excluding diaryl/α,β-unsaturated/α-hetero) is 1. The molecule has 0 aliphatic carbocycles. The lowest BCUT2D eigenvalue weighted by Crippen LogP contribution is -2.46. The van der Waals surface area contributed by atoms with Crippen LogP contribution < -0.4 is 4.90 Å². The normalized spacial score (nSPS) is 27.3. The molecule has 0 saturated carbocycles. The van der Waals surface area contributed by atoms with Gasteiger partial charge in [0, 0.05) is 16.3 Å². The van der Waals surface area contributed by atoms with Gasteiger partial charge in [-0.2, -0.15) is 5.10 Å². The third-order valence-corrected chi connectivity index (χ3v) is 6.23. The lowest BCUT2D eigenvalue weighted by Gasteiger charge is -2.30. The van der Waals surface area contributed by atoms with Gasteiger partial charge in [0.2, 0.25) is 11.8 Å². The standard InChI is InChI=1S/C22H16BrN3O3/c23-14-8-10-15(11-9-14)25-21(28)17-16-7-4-12-24-26(16)19(18(17)22(25)29)20(27)13-5-2-1-3-6-13/h1-12,16-19H. The van der Waals surface area contributed by atoms with Crippen molar-refractivity contribution in [2.45, 2.75) is 12.1 Å². The summed E-state index contributed by atoms with van der Waals surface area (Å²) in [6.07, 6.45) is 5.19. The maximum atomic E-state index is 13.4. The fourth-order valence-corrected chi connectivity index (χ4v) is 4.72. The second kappa shape index (κ2) is 6.77. The molecule has 0 spiro atoms. The summed E-state index contributed by atoms with van der Waals surface area (Å²) in [4.78, 5) is 41.3. The predicted octanol–water partition coefficient (Wildman–Crippen LogP) is 3.05. The number of carbonyl (C=O) groups is 3. The van der Waals surface area contributed by atoms with Crippen LogP contribution in [0.5, 0.6) is 0 Å². The van der Waals surface area contributed by atoms with E-state index < -0.39 is 23.9 Å².